The first-order valence-corrected chi connectivity index (χ1v) is 7.32. The maximum Gasteiger partial charge on any atom is 0.0906 e. The van der Waals surface area contributed by atoms with Gasteiger partial charge >= 0.3 is 0 Å². The topological polar surface area (TPSA) is 36.4 Å². The van der Waals surface area contributed by atoms with E-state index in [-0.39, 0.29) is 0 Å². The van der Waals surface area contributed by atoms with Gasteiger partial charge in [-0.3, -0.25) is 5.43 Å². The predicted octanol–water partition coefficient (Wildman–Crippen LogP) is 3.98. The lowest BCUT2D eigenvalue weighted by atomic mass is 10.0. The Hall–Kier alpha value is -2.81. The maximum atomic E-state index is 4.30. The zero-order chi connectivity index (χ0) is 15.4. The zero-order valence-electron chi connectivity index (χ0n) is 12.6. The van der Waals surface area contributed by atoms with Gasteiger partial charge in [0, 0.05) is 23.5 Å². The summed E-state index contributed by atoms with van der Waals surface area (Å²) in [5.41, 5.74) is 9.35. The second kappa shape index (κ2) is 6.31. The highest BCUT2D eigenvalue weighted by Crippen LogP contribution is 2.19. The average Bonchev–Trinajstić information content (AvgIpc) is 2.55. The number of benzene rings is 2. The third-order valence-corrected chi connectivity index (χ3v) is 3.61. The second-order valence-electron chi connectivity index (χ2n) is 5.34. The summed E-state index contributed by atoms with van der Waals surface area (Å²) in [5.74, 6) is 0. The van der Waals surface area contributed by atoms with Gasteiger partial charge in [0.25, 0.3) is 0 Å². The van der Waals surface area contributed by atoms with Crippen molar-refractivity contribution in [3.8, 4) is 0 Å². The third kappa shape index (κ3) is 3.26. The molecule has 0 saturated carbocycles. The van der Waals surface area contributed by atoms with Crippen LogP contribution in [-0.2, 0) is 6.54 Å². The van der Waals surface area contributed by atoms with Gasteiger partial charge in [-0.1, -0.05) is 43.0 Å². The molecule has 3 nitrogen and oxygen atoms in total. The fraction of sp³-hybridized carbons (Fsp3) is 0.105. The van der Waals surface area contributed by atoms with E-state index in [4.69, 9.17) is 0 Å². The molecule has 2 N–H and O–H groups in total. The molecule has 3 heteroatoms. The summed E-state index contributed by atoms with van der Waals surface area (Å²) in [4.78, 5) is 0. The van der Waals surface area contributed by atoms with Crippen LogP contribution in [0.15, 0.2) is 78.1 Å². The van der Waals surface area contributed by atoms with Gasteiger partial charge in [-0.2, -0.15) is 5.10 Å². The van der Waals surface area contributed by atoms with Crippen molar-refractivity contribution in [2.45, 2.75) is 13.5 Å². The van der Waals surface area contributed by atoms with Crippen LogP contribution < -0.4 is 10.7 Å². The first-order chi connectivity index (χ1) is 10.7. The van der Waals surface area contributed by atoms with E-state index in [0.29, 0.717) is 0 Å². The fourth-order valence-electron chi connectivity index (χ4n) is 2.36. The molecule has 1 heterocycles. The van der Waals surface area contributed by atoms with Gasteiger partial charge in [-0.05, 0) is 42.3 Å². The monoisotopic (exact) mass is 289 g/mol. The summed E-state index contributed by atoms with van der Waals surface area (Å²) in [6.07, 6.45) is 3.91. The molecular weight excluding hydrogens is 270 g/mol. The van der Waals surface area contributed by atoms with Gasteiger partial charge in [-0.25, -0.2) is 0 Å². The third-order valence-electron chi connectivity index (χ3n) is 3.61. The molecular formula is C19H19N3. The number of rotatable bonds is 4. The Morgan fingerprint density at radius 1 is 1.09 bits per heavy atom. The van der Waals surface area contributed by atoms with Crippen LogP contribution in [-0.4, -0.2) is 5.71 Å². The SMILES string of the molecule is C=C1C=CC(c2ccc(NCc3ccccc3)c(C)c2)=NN1. The summed E-state index contributed by atoms with van der Waals surface area (Å²) < 4.78 is 0. The molecule has 0 saturated heterocycles. The molecule has 0 aromatic heterocycles. The van der Waals surface area contributed by atoms with Gasteiger partial charge in [0.15, 0.2) is 0 Å². The Balaban J connectivity index is 1.73. The highest BCUT2D eigenvalue weighted by Gasteiger charge is 2.07. The molecule has 1 aliphatic rings. The average molecular weight is 289 g/mol. The van der Waals surface area contributed by atoms with E-state index < -0.39 is 0 Å². The van der Waals surface area contributed by atoms with Gasteiger partial charge in [0.2, 0.25) is 0 Å². The minimum Gasteiger partial charge on any atom is -0.381 e. The number of anilines is 1. The molecule has 110 valence electrons. The van der Waals surface area contributed by atoms with Crippen LogP contribution in [0.5, 0.6) is 0 Å². The van der Waals surface area contributed by atoms with Gasteiger partial charge in [-0.15, -0.1) is 0 Å². The molecule has 3 rings (SSSR count). The minimum atomic E-state index is 0.807. The van der Waals surface area contributed by atoms with Crippen LogP contribution >= 0.6 is 0 Å². The quantitative estimate of drug-likeness (QED) is 0.893. The Labute approximate surface area is 131 Å². The smallest absolute Gasteiger partial charge is 0.0906 e. The van der Waals surface area contributed by atoms with E-state index in [1.165, 1.54) is 11.1 Å². The normalized spacial score (nSPS) is 13.5. The number of hydrogen-bond acceptors (Lipinski definition) is 3. The van der Waals surface area contributed by atoms with E-state index in [2.05, 4.69) is 71.8 Å². The van der Waals surface area contributed by atoms with Crippen LogP contribution in [0.4, 0.5) is 5.69 Å². The summed E-state index contributed by atoms with van der Waals surface area (Å²) in [6.45, 7) is 6.74. The standard InChI is InChI=1S/C19H19N3/c1-14-12-17(19-10-8-15(2)21-22-19)9-11-18(14)20-13-16-6-4-3-5-7-16/h3-12,20-21H,2,13H2,1H3. The van der Waals surface area contributed by atoms with Gasteiger partial charge < -0.3 is 5.32 Å². The predicted molar refractivity (Wildman–Crippen MR) is 92.9 cm³/mol. The first-order valence-electron chi connectivity index (χ1n) is 7.32. The molecule has 1 aliphatic heterocycles. The van der Waals surface area contributed by atoms with E-state index in [1.54, 1.807) is 0 Å². The number of hydrogen-bond donors (Lipinski definition) is 2. The van der Waals surface area contributed by atoms with Crippen LogP contribution in [0, 0.1) is 6.92 Å². The highest BCUT2D eigenvalue weighted by atomic mass is 15.3. The Morgan fingerprint density at radius 2 is 1.91 bits per heavy atom. The number of nitrogens with one attached hydrogen (secondary N) is 2. The Kier molecular flexibility index (Phi) is 4.05. The van der Waals surface area contributed by atoms with Crippen LogP contribution in [0.1, 0.15) is 16.7 Å². The molecule has 2 aromatic carbocycles. The van der Waals surface area contributed by atoms with Crippen LogP contribution in [0.2, 0.25) is 0 Å². The van der Waals surface area contributed by atoms with E-state index in [0.717, 1.165) is 29.2 Å². The molecule has 0 atom stereocenters. The molecule has 0 aliphatic carbocycles. The van der Waals surface area contributed by atoms with E-state index >= 15 is 0 Å². The summed E-state index contributed by atoms with van der Waals surface area (Å²) in [5, 5.41) is 7.78. The number of hydrazone groups is 1. The Bertz CT molecular complexity index is 743. The number of allylic oxidation sites excluding steroid dienone is 2. The summed E-state index contributed by atoms with van der Waals surface area (Å²) >= 11 is 0. The molecule has 0 fully saturated rings. The zero-order valence-corrected chi connectivity index (χ0v) is 12.6. The van der Waals surface area contributed by atoms with Crippen LogP contribution in [0.25, 0.3) is 0 Å². The molecule has 0 amide bonds. The first kappa shape index (κ1) is 14.1. The number of nitrogens with zero attached hydrogens (tertiary/aromatic N) is 1. The van der Waals surface area contributed by atoms with Crippen molar-refractivity contribution in [2.75, 3.05) is 5.32 Å². The largest absolute Gasteiger partial charge is 0.381 e. The maximum absolute atomic E-state index is 4.30. The van der Waals surface area contributed by atoms with Gasteiger partial charge in [0.05, 0.1) is 5.71 Å². The number of aryl methyl sites for hydroxylation is 1. The molecule has 0 spiro atoms. The van der Waals surface area contributed by atoms with Crippen molar-refractivity contribution < 1.29 is 0 Å². The fourth-order valence-corrected chi connectivity index (χ4v) is 2.36. The van der Waals surface area contributed by atoms with E-state index in [1.807, 2.05) is 18.2 Å². The summed E-state index contributed by atoms with van der Waals surface area (Å²) in [7, 11) is 0. The lowest BCUT2D eigenvalue weighted by molar-refractivity contribution is 0.914. The summed E-state index contributed by atoms with van der Waals surface area (Å²) in [6, 6.07) is 16.7. The van der Waals surface area contributed by atoms with Crippen molar-refractivity contribution in [1.82, 2.24) is 5.43 Å². The van der Waals surface area contributed by atoms with Crippen molar-refractivity contribution in [2.24, 2.45) is 5.10 Å². The second-order valence-corrected chi connectivity index (χ2v) is 5.34. The van der Waals surface area contributed by atoms with Crippen molar-refractivity contribution in [3.63, 3.8) is 0 Å². The molecule has 0 radical (unpaired) electrons. The van der Waals surface area contributed by atoms with E-state index in [9.17, 15) is 0 Å². The van der Waals surface area contributed by atoms with Crippen molar-refractivity contribution in [3.05, 3.63) is 89.6 Å². The minimum absolute atomic E-state index is 0.807. The van der Waals surface area contributed by atoms with Gasteiger partial charge in [0.1, 0.15) is 0 Å². The molecule has 0 bridgehead atoms. The molecule has 0 unspecified atom stereocenters. The van der Waals surface area contributed by atoms with Crippen molar-refractivity contribution >= 4 is 11.4 Å². The molecule has 2 aromatic rings. The lowest BCUT2D eigenvalue weighted by Gasteiger charge is -2.13. The molecule has 22 heavy (non-hydrogen) atoms. The van der Waals surface area contributed by atoms with Crippen LogP contribution in [0.3, 0.4) is 0 Å². The lowest BCUT2D eigenvalue weighted by Crippen LogP contribution is -2.13. The Morgan fingerprint density at radius 3 is 2.59 bits per heavy atom. The highest BCUT2D eigenvalue weighted by molar-refractivity contribution is 6.09. The van der Waals surface area contributed by atoms with Crippen molar-refractivity contribution in [1.29, 1.82) is 0 Å².